The summed E-state index contributed by atoms with van der Waals surface area (Å²) in [6.45, 7) is 7.57. The van der Waals surface area contributed by atoms with Gasteiger partial charge in [-0.15, -0.1) is 0 Å². The molecular weight excluding hydrogens is 572 g/mol. The predicted octanol–water partition coefficient (Wildman–Crippen LogP) is 4.47. The number of aromatic carboxylic acids is 1. The third kappa shape index (κ3) is 5.51. The van der Waals surface area contributed by atoms with Crippen LogP contribution in [0.5, 0.6) is 11.5 Å². The molecule has 0 saturated heterocycles. The molecular formula is C32H30N2O8S. The number of rotatable bonds is 9. The Balaban J connectivity index is 1.65. The van der Waals surface area contributed by atoms with Crippen LogP contribution in [0, 0.1) is 6.92 Å². The maximum Gasteiger partial charge on any atom is 0.338 e. The number of esters is 1. The van der Waals surface area contributed by atoms with E-state index in [1.165, 1.54) is 22.0 Å². The SMILES string of the molecule is CCOC(=O)C1=C(C)N=c2s/c(=C\c3ccc(-c4cccc(C(=O)O)c4C)o3)c(=O)n2[C@H]1c1ccc(OC)c(OCC)c1. The number of allylic oxidation sites excluding steroid dienone is 1. The van der Waals surface area contributed by atoms with Crippen molar-refractivity contribution in [2.45, 2.75) is 33.7 Å². The molecule has 0 amide bonds. The second-order valence-electron chi connectivity index (χ2n) is 9.63. The highest BCUT2D eigenvalue weighted by atomic mass is 32.1. The molecule has 1 atom stereocenters. The lowest BCUT2D eigenvalue weighted by molar-refractivity contribution is -0.139. The van der Waals surface area contributed by atoms with E-state index in [-0.39, 0.29) is 23.3 Å². The normalized spacial score (nSPS) is 14.7. The number of hydrogen-bond acceptors (Lipinski definition) is 9. The topological polar surface area (TPSA) is 130 Å². The Bertz CT molecular complexity index is 1950. The van der Waals surface area contributed by atoms with Crippen LogP contribution in [-0.2, 0) is 9.53 Å². The minimum absolute atomic E-state index is 0.162. The van der Waals surface area contributed by atoms with Crippen LogP contribution in [0.25, 0.3) is 17.4 Å². The van der Waals surface area contributed by atoms with E-state index in [0.717, 1.165) is 0 Å². The number of nitrogens with zero attached hydrogens (tertiary/aromatic N) is 2. The van der Waals surface area contributed by atoms with E-state index in [2.05, 4.69) is 4.99 Å². The number of ether oxygens (including phenoxy) is 3. The van der Waals surface area contributed by atoms with Gasteiger partial charge in [-0.05, 0) is 69.2 Å². The van der Waals surface area contributed by atoms with Gasteiger partial charge in [0.2, 0.25) is 0 Å². The number of furan rings is 1. The first-order valence-electron chi connectivity index (χ1n) is 13.6. The van der Waals surface area contributed by atoms with E-state index in [4.69, 9.17) is 18.6 Å². The molecule has 10 nitrogen and oxygen atoms in total. The molecule has 2 aromatic heterocycles. The molecule has 3 heterocycles. The average Bonchev–Trinajstić information content (AvgIpc) is 3.56. The van der Waals surface area contributed by atoms with Crippen molar-refractivity contribution in [2.24, 2.45) is 4.99 Å². The summed E-state index contributed by atoms with van der Waals surface area (Å²) in [5.41, 5.74) is 2.36. The number of carbonyl (C=O) groups excluding carboxylic acids is 1. The zero-order valence-corrected chi connectivity index (χ0v) is 25.1. The molecule has 0 saturated carbocycles. The summed E-state index contributed by atoms with van der Waals surface area (Å²) in [7, 11) is 1.54. The van der Waals surface area contributed by atoms with Gasteiger partial charge in [0, 0.05) is 11.6 Å². The number of aromatic nitrogens is 1. The van der Waals surface area contributed by atoms with Crippen molar-refractivity contribution in [2.75, 3.05) is 20.3 Å². The van der Waals surface area contributed by atoms with Crippen LogP contribution in [0.1, 0.15) is 54.1 Å². The highest BCUT2D eigenvalue weighted by Gasteiger charge is 2.34. The van der Waals surface area contributed by atoms with Gasteiger partial charge in [-0.25, -0.2) is 14.6 Å². The maximum absolute atomic E-state index is 14.0. The predicted molar refractivity (Wildman–Crippen MR) is 160 cm³/mol. The minimum Gasteiger partial charge on any atom is -0.493 e. The van der Waals surface area contributed by atoms with Crippen LogP contribution in [0.15, 0.2) is 74.0 Å². The van der Waals surface area contributed by atoms with Gasteiger partial charge in [0.25, 0.3) is 5.56 Å². The molecule has 0 unspecified atom stereocenters. The minimum atomic E-state index is -1.02. The van der Waals surface area contributed by atoms with Gasteiger partial charge in [-0.2, -0.15) is 0 Å². The Morgan fingerprint density at radius 1 is 1.09 bits per heavy atom. The van der Waals surface area contributed by atoms with Gasteiger partial charge in [-0.1, -0.05) is 29.5 Å². The third-order valence-electron chi connectivity index (χ3n) is 7.05. The van der Waals surface area contributed by atoms with Gasteiger partial charge in [0.05, 0.1) is 47.7 Å². The Kier molecular flexibility index (Phi) is 8.36. The monoisotopic (exact) mass is 602 g/mol. The van der Waals surface area contributed by atoms with E-state index in [1.54, 1.807) is 76.4 Å². The summed E-state index contributed by atoms with van der Waals surface area (Å²) in [6.07, 6.45) is 1.61. The lowest BCUT2D eigenvalue weighted by atomic mass is 9.95. The largest absolute Gasteiger partial charge is 0.493 e. The van der Waals surface area contributed by atoms with Crippen molar-refractivity contribution in [1.82, 2.24) is 4.57 Å². The van der Waals surface area contributed by atoms with E-state index < -0.39 is 18.0 Å². The fourth-order valence-corrected chi connectivity index (χ4v) is 6.10. The van der Waals surface area contributed by atoms with Crippen LogP contribution in [0.4, 0.5) is 0 Å². The molecule has 4 aromatic rings. The van der Waals surface area contributed by atoms with E-state index in [9.17, 15) is 19.5 Å². The number of thiazole rings is 1. The van der Waals surface area contributed by atoms with Gasteiger partial charge in [0.1, 0.15) is 11.5 Å². The van der Waals surface area contributed by atoms with Crippen molar-refractivity contribution < 1.29 is 33.3 Å². The number of methoxy groups -OCH3 is 1. The molecule has 0 spiro atoms. The molecule has 2 aromatic carbocycles. The quantitative estimate of drug-likeness (QED) is 0.278. The molecule has 1 aliphatic rings. The summed E-state index contributed by atoms with van der Waals surface area (Å²) in [6, 6.07) is 12.9. The first-order chi connectivity index (χ1) is 20.7. The number of carboxylic acid groups (broad SMARTS) is 1. The van der Waals surface area contributed by atoms with E-state index in [0.29, 0.717) is 61.3 Å². The number of benzene rings is 2. The van der Waals surface area contributed by atoms with Crippen LogP contribution >= 0.6 is 11.3 Å². The summed E-state index contributed by atoms with van der Waals surface area (Å²) < 4.78 is 24.5. The fourth-order valence-electron chi connectivity index (χ4n) is 5.08. The molecule has 5 rings (SSSR count). The van der Waals surface area contributed by atoms with Gasteiger partial charge in [0.15, 0.2) is 16.3 Å². The van der Waals surface area contributed by atoms with Crippen molar-refractivity contribution in [1.29, 1.82) is 0 Å². The lowest BCUT2D eigenvalue weighted by Crippen LogP contribution is -2.39. The fraction of sp³-hybridized carbons (Fsp3) is 0.250. The van der Waals surface area contributed by atoms with Gasteiger partial charge >= 0.3 is 11.9 Å². The van der Waals surface area contributed by atoms with Crippen LogP contribution in [-0.4, -0.2) is 41.9 Å². The number of carbonyl (C=O) groups is 2. The number of hydrogen-bond donors (Lipinski definition) is 1. The summed E-state index contributed by atoms with van der Waals surface area (Å²) in [5.74, 6) is 0.291. The zero-order chi connectivity index (χ0) is 30.8. The Labute approximate surface area is 250 Å². The third-order valence-corrected chi connectivity index (χ3v) is 8.03. The summed E-state index contributed by atoms with van der Waals surface area (Å²) in [4.78, 5) is 43.8. The summed E-state index contributed by atoms with van der Waals surface area (Å²) >= 11 is 1.17. The average molecular weight is 603 g/mol. The van der Waals surface area contributed by atoms with Crippen molar-refractivity contribution >= 4 is 29.4 Å². The molecule has 0 fully saturated rings. The second kappa shape index (κ2) is 12.1. The van der Waals surface area contributed by atoms with Gasteiger partial charge < -0.3 is 23.7 Å². The number of fused-ring (bicyclic) bond motifs is 1. The van der Waals surface area contributed by atoms with Gasteiger partial charge in [-0.3, -0.25) is 9.36 Å². The Hall–Kier alpha value is -4.90. The van der Waals surface area contributed by atoms with Crippen molar-refractivity contribution in [3.8, 4) is 22.8 Å². The second-order valence-corrected chi connectivity index (χ2v) is 10.6. The standard InChI is InChI=1S/C32H30N2O8S/c1-6-40-25-15-19(11-13-24(25)39-5)28-27(31(38)41-7-2)18(4)33-32-34(28)29(35)26(43-32)16-20-12-14-23(42-20)21-9-8-10-22(17(21)3)30(36)37/h8-16,28H,6-7H2,1-5H3,(H,36,37)/b26-16-/t28-/m0/s1. The molecule has 11 heteroatoms. The Morgan fingerprint density at radius 3 is 2.58 bits per heavy atom. The molecule has 43 heavy (non-hydrogen) atoms. The van der Waals surface area contributed by atoms with E-state index in [1.807, 2.05) is 6.92 Å². The van der Waals surface area contributed by atoms with Crippen LogP contribution in [0.3, 0.4) is 0 Å². The van der Waals surface area contributed by atoms with Crippen LogP contribution in [0.2, 0.25) is 0 Å². The molecule has 1 N–H and O–H groups in total. The lowest BCUT2D eigenvalue weighted by Gasteiger charge is -2.25. The molecule has 1 aliphatic heterocycles. The molecule has 0 bridgehead atoms. The number of carboxylic acids is 1. The maximum atomic E-state index is 14.0. The highest BCUT2D eigenvalue weighted by Crippen LogP contribution is 2.36. The Morgan fingerprint density at radius 2 is 1.88 bits per heavy atom. The summed E-state index contributed by atoms with van der Waals surface area (Å²) in [5, 5.41) is 9.49. The molecule has 0 aliphatic carbocycles. The highest BCUT2D eigenvalue weighted by molar-refractivity contribution is 7.07. The first-order valence-corrected chi connectivity index (χ1v) is 14.4. The van der Waals surface area contributed by atoms with Crippen LogP contribution < -0.4 is 24.4 Å². The first kappa shape index (κ1) is 29.6. The van der Waals surface area contributed by atoms with Crippen molar-refractivity contribution in [3.05, 3.63) is 102 Å². The molecule has 0 radical (unpaired) electrons. The van der Waals surface area contributed by atoms with E-state index >= 15 is 0 Å². The zero-order valence-electron chi connectivity index (χ0n) is 24.3. The smallest absolute Gasteiger partial charge is 0.338 e. The molecule has 222 valence electrons. The van der Waals surface area contributed by atoms with Crippen molar-refractivity contribution in [3.63, 3.8) is 0 Å².